The molecule has 0 atom stereocenters. The Kier molecular flexibility index (Phi) is 6.36. The van der Waals surface area contributed by atoms with Gasteiger partial charge in [-0.25, -0.2) is 0 Å². The zero-order valence-corrected chi connectivity index (χ0v) is 12.2. The summed E-state index contributed by atoms with van der Waals surface area (Å²) in [6.07, 6.45) is 1.17. The summed E-state index contributed by atoms with van der Waals surface area (Å²) in [5.41, 5.74) is 1.83. The second-order valence-corrected chi connectivity index (χ2v) is 4.87. The lowest BCUT2D eigenvalue weighted by molar-refractivity contribution is -0.115. The maximum absolute atomic E-state index is 11.7. The molecule has 1 aromatic rings. The molecule has 106 valence electrons. The van der Waals surface area contributed by atoms with Gasteiger partial charge >= 0.3 is 0 Å². The van der Waals surface area contributed by atoms with Crippen LogP contribution in [0.15, 0.2) is 18.2 Å². The van der Waals surface area contributed by atoms with Gasteiger partial charge in [-0.1, -0.05) is 6.92 Å². The molecule has 1 aromatic carbocycles. The Morgan fingerprint density at radius 1 is 1.37 bits per heavy atom. The Morgan fingerprint density at radius 2 is 2.11 bits per heavy atom. The molecule has 2 N–H and O–H groups in total. The van der Waals surface area contributed by atoms with Crippen molar-refractivity contribution in [1.82, 2.24) is 5.32 Å². The molecule has 0 fully saturated rings. The number of rotatable bonds is 7. The fourth-order valence-corrected chi connectivity index (χ4v) is 1.69. The molecule has 0 heterocycles. The van der Waals surface area contributed by atoms with E-state index in [0.29, 0.717) is 6.54 Å². The van der Waals surface area contributed by atoms with Crippen molar-refractivity contribution in [1.29, 1.82) is 0 Å². The van der Waals surface area contributed by atoms with Gasteiger partial charge in [0, 0.05) is 5.69 Å². The summed E-state index contributed by atoms with van der Waals surface area (Å²) in [5.74, 6) is 0.809. The molecule has 0 saturated heterocycles. The van der Waals surface area contributed by atoms with Crippen LogP contribution >= 0.6 is 0 Å². The van der Waals surface area contributed by atoms with Crippen molar-refractivity contribution in [2.75, 3.05) is 18.4 Å². The number of carbonyl (C=O) groups is 1. The first-order valence-electron chi connectivity index (χ1n) is 6.80. The van der Waals surface area contributed by atoms with Crippen LogP contribution in [0.25, 0.3) is 0 Å². The third-order valence-electron chi connectivity index (χ3n) is 2.56. The normalized spacial score (nSPS) is 10.6. The molecule has 0 aromatic heterocycles. The molecule has 1 amide bonds. The average molecular weight is 264 g/mol. The van der Waals surface area contributed by atoms with Crippen LogP contribution in [0, 0.1) is 6.92 Å². The van der Waals surface area contributed by atoms with Gasteiger partial charge in [-0.3, -0.25) is 4.79 Å². The van der Waals surface area contributed by atoms with Crippen molar-refractivity contribution in [3.05, 3.63) is 23.8 Å². The van der Waals surface area contributed by atoms with Gasteiger partial charge in [0.1, 0.15) is 5.75 Å². The van der Waals surface area contributed by atoms with Gasteiger partial charge in [-0.15, -0.1) is 0 Å². The first kappa shape index (κ1) is 15.5. The van der Waals surface area contributed by atoms with Crippen molar-refractivity contribution in [3.63, 3.8) is 0 Å². The van der Waals surface area contributed by atoms with E-state index in [1.165, 1.54) is 0 Å². The maximum Gasteiger partial charge on any atom is 0.238 e. The van der Waals surface area contributed by atoms with E-state index in [0.717, 1.165) is 30.0 Å². The Hall–Kier alpha value is -1.55. The van der Waals surface area contributed by atoms with E-state index in [2.05, 4.69) is 17.6 Å². The maximum atomic E-state index is 11.7. The topological polar surface area (TPSA) is 50.4 Å². The van der Waals surface area contributed by atoms with Crippen LogP contribution in [0.1, 0.15) is 32.8 Å². The van der Waals surface area contributed by atoms with Crippen LogP contribution in [0.2, 0.25) is 0 Å². The first-order chi connectivity index (χ1) is 9.02. The Bertz CT molecular complexity index is 417. The van der Waals surface area contributed by atoms with Crippen LogP contribution in [0.5, 0.6) is 5.75 Å². The number of aryl methyl sites for hydroxylation is 1. The smallest absolute Gasteiger partial charge is 0.238 e. The van der Waals surface area contributed by atoms with Crippen LogP contribution in [0.3, 0.4) is 0 Å². The predicted molar refractivity (Wildman–Crippen MR) is 78.7 cm³/mol. The van der Waals surface area contributed by atoms with Gasteiger partial charge in [-0.05, 0) is 57.5 Å². The summed E-state index contributed by atoms with van der Waals surface area (Å²) in [6.45, 7) is 9.21. The molecule has 0 unspecified atom stereocenters. The molecule has 0 aliphatic heterocycles. The lowest BCUT2D eigenvalue weighted by Gasteiger charge is -2.13. The molecule has 1 rings (SSSR count). The van der Waals surface area contributed by atoms with Gasteiger partial charge in [0.05, 0.1) is 12.6 Å². The highest BCUT2D eigenvalue weighted by Gasteiger charge is 2.06. The zero-order chi connectivity index (χ0) is 14.3. The number of hydrogen-bond donors (Lipinski definition) is 2. The van der Waals surface area contributed by atoms with Crippen LogP contribution in [0.4, 0.5) is 5.69 Å². The third-order valence-corrected chi connectivity index (χ3v) is 2.56. The molecular formula is C15H24N2O2. The summed E-state index contributed by atoms with van der Waals surface area (Å²) in [6, 6.07) is 5.70. The van der Waals surface area contributed by atoms with Gasteiger partial charge in [0.15, 0.2) is 0 Å². The van der Waals surface area contributed by atoms with Crippen molar-refractivity contribution in [3.8, 4) is 5.75 Å². The average Bonchev–Trinajstić information content (AvgIpc) is 2.32. The molecule has 0 saturated carbocycles. The second-order valence-electron chi connectivity index (χ2n) is 4.87. The second kappa shape index (κ2) is 7.79. The number of ether oxygens (including phenoxy) is 1. The van der Waals surface area contributed by atoms with E-state index < -0.39 is 0 Å². The van der Waals surface area contributed by atoms with E-state index in [-0.39, 0.29) is 12.0 Å². The number of amides is 1. The number of nitrogens with one attached hydrogen (secondary N) is 2. The fourth-order valence-electron chi connectivity index (χ4n) is 1.69. The monoisotopic (exact) mass is 264 g/mol. The third kappa shape index (κ3) is 5.75. The van der Waals surface area contributed by atoms with E-state index in [1.807, 2.05) is 39.0 Å². The zero-order valence-electron chi connectivity index (χ0n) is 12.2. The highest BCUT2D eigenvalue weighted by Crippen LogP contribution is 2.22. The molecule has 0 aliphatic rings. The summed E-state index contributed by atoms with van der Waals surface area (Å²) in [4.78, 5) is 11.7. The lowest BCUT2D eigenvalue weighted by Crippen LogP contribution is -2.28. The molecule has 0 bridgehead atoms. The fraction of sp³-hybridized carbons (Fsp3) is 0.533. The largest absolute Gasteiger partial charge is 0.491 e. The molecule has 19 heavy (non-hydrogen) atoms. The molecule has 4 nitrogen and oxygen atoms in total. The summed E-state index contributed by atoms with van der Waals surface area (Å²) < 4.78 is 5.61. The predicted octanol–water partition coefficient (Wildman–Crippen LogP) is 2.72. The number of benzene rings is 1. The highest BCUT2D eigenvalue weighted by molar-refractivity contribution is 5.93. The minimum atomic E-state index is -0.0194. The van der Waals surface area contributed by atoms with Gasteiger partial charge in [0.2, 0.25) is 5.91 Å². The Balaban J connectivity index is 2.57. The van der Waals surface area contributed by atoms with Crippen molar-refractivity contribution >= 4 is 11.6 Å². The Morgan fingerprint density at radius 3 is 2.68 bits per heavy atom. The summed E-state index contributed by atoms with van der Waals surface area (Å²) >= 11 is 0. The van der Waals surface area contributed by atoms with Crippen molar-refractivity contribution in [2.24, 2.45) is 0 Å². The van der Waals surface area contributed by atoms with Crippen molar-refractivity contribution < 1.29 is 9.53 Å². The quantitative estimate of drug-likeness (QED) is 0.744. The standard InChI is InChI=1S/C15H24N2O2/c1-5-8-16-10-15(18)17-14-7-6-13(9-12(14)4)19-11(2)3/h6-7,9,11,16H,5,8,10H2,1-4H3,(H,17,18). The van der Waals surface area contributed by atoms with Crippen LogP contribution < -0.4 is 15.4 Å². The Labute approximate surface area is 115 Å². The molecule has 0 radical (unpaired) electrons. The van der Waals surface area contributed by atoms with Gasteiger partial charge in [0.25, 0.3) is 0 Å². The minimum absolute atomic E-state index is 0.0194. The SMILES string of the molecule is CCCNCC(=O)Nc1ccc(OC(C)C)cc1C. The van der Waals surface area contributed by atoms with E-state index in [1.54, 1.807) is 0 Å². The molecular weight excluding hydrogens is 240 g/mol. The van der Waals surface area contributed by atoms with Crippen LogP contribution in [-0.2, 0) is 4.79 Å². The highest BCUT2D eigenvalue weighted by atomic mass is 16.5. The van der Waals surface area contributed by atoms with E-state index in [4.69, 9.17) is 4.74 Å². The first-order valence-corrected chi connectivity index (χ1v) is 6.80. The minimum Gasteiger partial charge on any atom is -0.491 e. The van der Waals surface area contributed by atoms with Gasteiger partial charge in [-0.2, -0.15) is 0 Å². The molecule has 0 aliphatic carbocycles. The lowest BCUT2D eigenvalue weighted by atomic mass is 10.2. The van der Waals surface area contributed by atoms with Crippen LogP contribution in [-0.4, -0.2) is 25.1 Å². The molecule has 4 heteroatoms. The van der Waals surface area contributed by atoms with Gasteiger partial charge < -0.3 is 15.4 Å². The van der Waals surface area contributed by atoms with E-state index >= 15 is 0 Å². The number of hydrogen-bond acceptors (Lipinski definition) is 3. The summed E-state index contributed by atoms with van der Waals surface area (Å²) in [7, 11) is 0. The van der Waals surface area contributed by atoms with E-state index in [9.17, 15) is 4.79 Å². The number of anilines is 1. The number of carbonyl (C=O) groups excluding carboxylic acids is 1. The van der Waals surface area contributed by atoms with Crippen molar-refractivity contribution in [2.45, 2.75) is 40.2 Å². The summed E-state index contributed by atoms with van der Waals surface area (Å²) in [5, 5.41) is 5.97. The molecule has 0 spiro atoms.